The number of nitrogens with zero attached hydrogens (tertiary/aromatic N) is 1. The van der Waals surface area contributed by atoms with E-state index in [9.17, 15) is 4.79 Å². The fraction of sp³-hybridized carbons (Fsp3) is 0.269. The first-order valence-electron chi connectivity index (χ1n) is 10.7. The van der Waals surface area contributed by atoms with Crippen LogP contribution in [0.5, 0.6) is 23.0 Å². The van der Waals surface area contributed by atoms with Crippen LogP contribution in [0, 0.1) is 0 Å². The fourth-order valence-electron chi connectivity index (χ4n) is 4.12. The molecule has 1 aliphatic heterocycles. The molecule has 6 nitrogen and oxygen atoms in total. The molecular formula is C26H25Cl2NO5. The Morgan fingerprint density at radius 1 is 0.912 bits per heavy atom. The third-order valence-corrected chi connectivity index (χ3v) is 6.44. The molecule has 1 heterocycles. The van der Waals surface area contributed by atoms with E-state index in [1.54, 1.807) is 44.4 Å². The highest BCUT2D eigenvalue weighted by Crippen LogP contribution is 2.39. The van der Waals surface area contributed by atoms with Crippen LogP contribution < -0.4 is 18.9 Å². The number of carbonyl (C=O) groups excluding carboxylic acids is 1. The molecule has 3 aromatic carbocycles. The van der Waals surface area contributed by atoms with Crippen LogP contribution in [-0.4, -0.2) is 45.3 Å². The summed E-state index contributed by atoms with van der Waals surface area (Å²) in [4.78, 5) is 15.4. The molecule has 34 heavy (non-hydrogen) atoms. The predicted molar refractivity (Wildman–Crippen MR) is 132 cm³/mol. The van der Waals surface area contributed by atoms with Crippen LogP contribution in [0.4, 0.5) is 0 Å². The smallest absolute Gasteiger partial charge is 0.256 e. The molecule has 0 unspecified atom stereocenters. The molecule has 1 atom stereocenters. The van der Waals surface area contributed by atoms with E-state index in [-0.39, 0.29) is 18.6 Å². The highest BCUT2D eigenvalue weighted by Gasteiger charge is 2.34. The first-order valence-corrected chi connectivity index (χ1v) is 11.5. The number of hydrogen-bond acceptors (Lipinski definition) is 5. The van der Waals surface area contributed by atoms with Crippen LogP contribution in [0.1, 0.15) is 27.5 Å². The third kappa shape index (κ3) is 4.88. The van der Waals surface area contributed by atoms with Gasteiger partial charge in [0.1, 0.15) is 18.1 Å². The number of methoxy groups -OCH3 is 3. The standard InChI is InChI=1S/C26H25Cl2NO5/c1-31-18-5-7-19(8-6-18)34-15-23-21-14-25(33-3)24(32-2)12-16(21)10-11-29(23)26(30)20-9-4-17(27)13-22(20)28/h4-9,12-14,23H,10-11,15H2,1-3H3/t23-/m0/s1. The van der Waals surface area contributed by atoms with E-state index in [2.05, 4.69) is 0 Å². The molecular weight excluding hydrogens is 477 g/mol. The number of fused-ring (bicyclic) bond motifs is 1. The van der Waals surface area contributed by atoms with Crippen LogP contribution in [0.3, 0.4) is 0 Å². The molecule has 8 heteroatoms. The Labute approximate surface area is 208 Å². The summed E-state index contributed by atoms with van der Waals surface area (Å²) < 4.78 is 22.4. The zero-order valence-electron chi connectivity index (χ0n) is 19.1. The van der Waals surface area contributed by atoms with Gasteiger partial charge in [0.25, 0.3) is 5.91 Å². The van der Waals surface area contributed by atoms with Gasteiger partial charge in [-0.25, -0.2) is 0 Å². The summed E-state index contributed by atoms with van der Waals surface area (Å²) in [6.07, 6.45) is 0.658. The number of halogens is 2. The normalized spacial score (nSPS) is 14.9. The van der Waals surface area contributed by atoms with Crippen LogP contribution in [0.2, 0.25) is 10.0 Å². The molecule has 0 saturated carbocycles. The van der Waals surface area contributed by atoms with E-state index < -0.39 is 0 Å². The Hall–Kier alpha value is -3.09. The van der Waals surface area contributed by atoms with Crippen molar-refractivity contribution in [3.05, 3.63) is 81.3 Å². The fourth-order valence-corrected chi connectivity index (χ4v) is 4.61. The van der Waals surface area contributed by atoms with Gasteiger partial charge in [-0.05, 0) is 72.1 Å². The van der Waals surface area contributed by atoms with E-state index in [0.717, 1.165) is 16.9 Å². The second-order valence-corrected chi connectivity index (χ2v) is 8.62. The van der Waals surface area contributed by atoms with Gasteiger partial charge in [0.05, 0.1) is 38.0 Å². The Balaban J connectivity index is 1.70. The molecule has 3 aromatic rings. The lowest BCUT2D eigenvalue weighted by Gasteiger charge is -2.38. The monoisotopic (exact) mass is 501 g/mol. The summed E-state index contributed by atoms with van der Waals surface area (Å²) in [7, 11) is 4.81. The van der Waals surface area contributed by atoms with Crippen molar-refractivity contribution >= 4 is 29.1 Å². The van der Waals surface area contributed by atoms with E-state index in [4.69, 9.17) is 42.1 Å². The average molecular weight is 502 g/mol. The van der Waals surface area contributed by atoms with Gasteiger partial charge in [-0.2, -0.15) is 0 Å². The van der Waals surface area contributed by atoms with Gasteiger partial charge >= 0.3 is 0 Å². The maximum absolute atomic E-state index is 13.6. The van der Waals surface area contributed by atoms with Crippen LogP contribution in [0.15, 0.2) is 54.6 Å². The highest BCUT2D eigenvalue weighted by atomic mass is 35.5. The molecule has 1 aliphatic rings. The largest absolute Gasteiger partial charge is 0.497 e. The lowest BCUT2D eigenvalue weighted by Crippen LogP contribution is -2.42. The summed E-state index contributed by atoms with van der Waals surface area (Å²) >= 11 is 12.4. The van der Waals surface area contributed by atoms with Crippen molar-refractivity contribution in [1.29, 1.82) is 0 Å². The number of rotatable bonds is 7. The van der Waals surface area contributed by atoms with Crippen LogP contribution >= 0.6 is 23.2 Å². The number of benzene rings is 3. The maximum atomic E-state index is 13.6. The number of hydrogen-bond donors (Lipinski definition) is 0. The van der Waals surface area contributed by atoms with Gasteiger partial charge in [0.2, 0.25) is 0 Å². The lowest BCUT2D eigenvalue weighted by atomic mass is 9.91. The third-order valence-electron chi connectivity index (χ3n) is 5.89. The van der Waals surface area contributed by atoms with Crippen molar-refractivity contribution in [3.63, 3.8) is 0 Å². The van der Waals surface area contributed by atoms with E-state index in [1.165, 1.54) is 0 Å². The zero-order chi connectivity index (χ0) is 24.2. The highest BCUT2D eigenvalue weighted by molar-refractivity contribution is 6.36. The number of carbonyl (C=O) groups is 1. The maximum Gasteiger partial charge on any atom is 0.256 e. The zero-order valence-corrected chi connectivity index (χ0v) is 20.7. The number of ether oxygens (including phenoxy) is 4. The molecule has 0 aliphatic carbocycles. The van der Waals surface area contributed by atoms with Crippen molar-refractivity contribution in [2.24, 2.45) is 0 Å². The molecule has 0 fully saturated rings. The second-order valence-electron chi connectivity index (χ2n) is 7.78. The van der Waals surface area contributed by atoms with Gasteiger partial charge in [-0.3, -0.25) is 4.79 Å². The summed E-state index contributed by atoms with van der Waals surface area (Å²) in [6, 6.07) is 15.7. The van der Waals surface area contributed by atoms with Gasteiger partial charge in [-0.15, -0.1) is 0 Å². The van der Waals surface area contributed by atoms with E-state index >= 15 is 0 Å². The Morgan fingerprint density at radius 3 is 2.24 bits per heavy atom. The minimum Gasteiger partial charge on any atom is -0.497 e. The molecule has 0 aromatic heterocycles. The van der Waals surface area contributed by atoms with Crippen molar-refractivity contribution in [2.45, 2.75) is 12.5 Å². The van der Waals surface area contributed by atoms with Crippen LogP contribution in [0.25, 0.3) is 0 Å². The molecule has 0 spiro atoms. The Bertz CT molecular complexity index is 1180. The second kappa shape index (κ2) is 10.5. The molecule has 4 rings (SSSR count). The van der Waals surface area contributed by atoms with Crippen molar-refractivity contribution in [2.75, 3.05) is 34.5 Å². The predicted octanol–water partition coefficient (Wildman–Crippen LogP) is 5.84. The van der Waals surface area contributed by atoms with Gasteiger partial charge < -0.3 is 23.8 Å². The van der Waals surface area contributed by atoms with Gasteiger partial charge in [0.15, 0.2) is 11.5 Å². The molecule has 1 amide bonds. The topological polar surface area (TPSA) is 57.2 Å². The molecule has 0 bridgehead atoms. The molecule has 0 saturated heterocycles. The molecule has 178 valence electrons. The van der Waals surface area contributed by atoms with Crippen molar-refractivity contribution in [3.8, 4) is 23.0 Å². The quantitative estimate of drug-likeness (QED) is 0.407. The molecule has 0 radical (unpaired) electrons. The van der Waals surface area contributed by atoms with Crippen molar-refractivity contribution in [1.82, 2.24) is 4.90 Å². The summed E-state index contributed by atoms with van der Waals surface area (Å²) in [5.74, 6) is 2.46. The Kier molecular flexibility index (Phi) is 7.39. The minimum atomic E-state index is -0.370. The van der Waals surface area contributed by atoms with E-state index in [1.807, 2.05) is 36.4 Å². The van der Waals surface area contributed by atoms with E-state index in [0.29, 0.717) is 45.8 Å². The van der Waals surface area contributed by atoms with Gasteiger partial charge in [-0.1, -0.05) is 23.2 Å². The lowest BCUT2D eigenvalue weighted by molar-refractivity contribution is 0.0589. The summed E-state index contributed by atoms with van der Waals surface area (Å²) in [5.41, 5.74) is 2.41. The first kappa shape index (κ1) is 24.0. The summed E-state index contributed by atoms with van der Waals surface area (Å²) in [6.45, 7) is 0.739. The van der Waals surface area contributed by atoms with Gasteiger partial charge in [0, 0.05) is 11.6 Å². The van der Waals surface area contributed by atoms with Crippen molar-refractivity contribution < 1.29 is 23.7 Å². The summed E-state index contributed by atoms with van der Waals surface area (Å²) in [5, 5.41) is 0.784. The number of amides is 1. The molecule has 0 N–H and O–H groups in total. The SMILES string of the molecule is COc1ccc(OC[C@H]2c3cc(OC)c(OC)cc3CCN2C(=O)c2ccc(Cl)cc2Cl)cc1. The van der Waals surface area contributed by atoms with Crippen LogP contribution in [-0.2, 0) is 6.42 Å². The average Bonchev–Trinajstić information content (AvgIpc) is 2.86. The first-order chi connectivity index (χ1) is 16.4. The Morgan fingerprint density at radius 2 is 1.59 bits per heavy atom. The minimum absolute atomic E-state index is 0.189.